The lowest BCUT2D eigenvalue weighted by Crippen LogP contribution is -2.37. The van der Waals surface area contributed by atoms with Gasteiger partial charge in [-0.2, -0.15) is 0 Å². The maximum atomic E-state index is 10.9. The zero-order chi connectivity index (χ0) is 10.9. The zero-order valence-corrected chi connectivity index (χ0v) is 8.64. The lowest BCUT2D eigenvalue weighted by molar-refractivity contribution is -0.139. The van der Waals surface area contributed by atoms with Gasteiger partial charge in [-0.3, -0.25) is 4.79 Å². The van der Waals surface area contributed by atoms with E-state index in [9.17, 15) is 4.79 Å². The number of aromatic nitrogens is 2. The molecule has 82 valence electrons. The topological polar surface area (TPSA) is 64.4 Å². The van der Waals surface area contributed by atoms with Crippen molar-refractivity contribution in [3.05, 3.63) is 18.2 Å². The van der Waals surface area contributed by atoms with Crippen molar-refractivity contribution in [2.75, 3.05) is 13.2 Å². The molecule has 0 saturated carbocycles. The first-order valence-electron chi connectivity index (χ1n) is 4.94. The second kappa shape index (κ2) is 3.66. The molecule has 1 N–H and O–H groups in total. The first-order chi connectivity index (χ1) is 7.14. The fourth-order valence-electron chi connectivity index (χ4n) is 2.17. The third kappa shape index (κ3) is 1.74. The van der Waals surface area contributed by atoms with Gasteiger partial charge in [-0.25, -0.2) is 4.98 Å². The molecule has 1 aromatic rings. The lowest BCUT2D eigenvalue weighted by Gasteiger charge is -2.28. The Labute approximate surface area is 87.7 Å². The Balaban J connectivity index is 2.34. The van der Waals surface area contributed by atoms with E-state index in [1.807, 2.05) is 17.7 Å². The predicted octanol–water partition coefficient (Wildman–Crippen LogP) is 0.782. The molecule has 1 unspecified atom stereocenters. The summed E-state index contributed by atoms with van der Waals surface area (Å²) >= 11 is 0. The van der Waals surface area contributed by atoms with Crippen LogP contribution in [0.25, 0.3) is 0 Å². The van der Waals surface area contributed by atoms with Gasteiger partial charge < -0.3 is 14.4 Å². The van der Waals surface area contributed by atoms with Crippen LogP contribution in [0.1, 0.15) is 18.7 Å². The Morgan fingerprint density at radius 3 is 3.07 bits per heavy atom. The molecule has 0 aliphatic carbocycles. The number of nitrogens with zero attached hydrogens (tertiary/aromatic N) is 2. The van der Waals surface area contributed by atoms with Crippen LogP contribution in [-0.2, 0) is 15.1 Å². The third-order valence-corrected chi connectivity index (χ3v) is 2.90. The predicted molar refractivity (Wildman–Crippen MR) is 52.6 cm³/mol. The number of aliphatic carboxylic acids is 1. The second-order valence-corrected chi connectivity index (χ2v) is 3.94. The minimum Gasteiger partial charge on any atom is -0.481 e. The third-order valence-electron chi connectivity index (χ3n) is 2.90. The number of carboxylic acids is 1. The number of imidazole rings is 1. The Kier molecular flexibility index (Phi) is 2.48. The minimum absolute atomic E-state index is 0.0875. The summed E-state index contributed by atoms with van der Waals surface area (Å²) in [5.41, 5.74) is -0.438. The van der Waals surface area contributed by atoms with Gasteiger partial charge in [-0.1, -0.05) is 0 Å². The van der Waals surface area contributed by atoms with E-state index in [4.69, 9.17) is 9.84 Å². The van der Waals surface area contributed by atoms with Crippen LogP contribution in [-0.4, -0.2) is 33.8 Å². The van der Waals surface area contributed by atoms with Crippen molar-refractivity contribution in [3.8, 4) is 0 Å². The Hall–Kier alpha value is -1.36. The van der Waals surface area contributed by atoms with Crippen LogP contribution in [0.2, 0.25) is 0 Å². The van der Waals surface area contributed by atoms with Crippen LogP contribution in [0.4, 0.5) is 0 Å². The standard InChI is InChI=1S/C10H14N2O3/c1-8-11-3-4-12(8)10(6-9(13)14)2-5-15-7-10/h3-4H,2,5-7H2,1H3,(H,13,14). The molecule has 1 fully saturated rings. The van der Waals surface area contributed by atoms with E-state index in [2.05, 4.69) is 4.98 Å². The summed E-state index contributed by atoms with van der Waals surface area (Å²) in [7, 11) is 0. The molecule has 1 atom stereocenters. The Morgan fingerprint density at radius 2 is 2.60 bits per heavy atom. The molecule has 1 aliphatic rings. The van der Waals surface area contributed by atoms with Crippen LogP contribution in [0.3, 0.4) is 0 Å². The monoisotopic (exact) mass is 210 g/mol. The summed E-state index contributed by atoms with van der Waals surface area (Å²) in [6.07, 6.45) is 4.34. The summed E-state index contributed by atoms with van der Waals surface area (Å²) in [6, 6.07) is 0. The van der Waals surface area contributed by atoms with Crippen molar-refractivity contribution < 1.29 is 14.6 Å². The first-order valence-corrected chi connectivity index (χ1v) is 4.94. The molecular formula is C10H14N2O3. The number of rotatable bonds is 3. The summed E-state index contributed by atoms with van der Waals surface area (Å²) in [6.45, 7) is 2.95. The molecule has 0 spiro atoms. The molecule has 1 aromatic heterocycles. The van der Waals surface area contributed by atoms with E-state index in [1.54, 1.807) is 6.20 Å². The van der Waals surface area contributed by atoms with Crippen LogP contribution >= 0.6 is 0 Å². The van der Waals surface area contributed by atoms with Crippen LogP contribution in [0.15, 0.2) is 12.4 Å². The van der Waals surface area contributed by atoms with Gasteiger partial charge >= 0.3 is 5.97 Å². The van der Waals surface area contributed by atoms with Crippen LogP contribution < -0.4 is 0 Å². The van der Waals surface area contributed by atoms with Gasteiger partial charge in [-0.15, -0.1) is 0 Å². The molecule has 2 rings (SSSR count). The summed E-state index contributed by atoms with van der Waals surface area (Å²) in [5, 5.41) is 8.94. The highest BCUT2D eigenvalue weighted by molar-refractivity contribution is 5.68. The normalized spacial score (nSPS) is 25.7. The molecule has 0 amide bonds. The minimum atomic E-state index is -0.798. The van der Waals surface area contributed by atoms with Crippen molar-refractivity contribution in [2.45, 2.75) is 25.3 Å². The maximum Gasteiger partial charge on any atom is 0.305 e. The maximum absolute atomic E-state index is 10.9. The highest BCUT2D eigenvalue weighted by atomic mass is 16.5. The molecule has 2 heterocycles. The van der Waals surface area contributed by atoms with Gasteiger partial charge in [0.2, 0.25) is 0 Å². The van der Waals surface area contributed by atoms with E-state index in [1.165, 1.54) is 0 Å². The van der Waals surface area contributed by atoms with E-state index in [-0.39, 0.29) is 6.42 Å². The quantitative estimate of drug-likeness (QED) is 0.800. The van der Waals surface area contributed by atoms with E-state index < -0.39 is 11.5 Å². The smallest absolute Gasteiger partial charge is 0.305 e. The average Bonchev–Trinajstić information content (AvgIpc) is 2.73. The van der Waals surface area contributed by atoms with Crippen molar-refractivity contribution in [1.82, 2.24) is 9.55 Å². The van der Waals surface area contributed by atoms with Gasteiger partial charge in [-0.05, 0) is 13.3 Å². The average molecular weight is 210 g/mol. The van der Waals surface area contributed by atoms with Gasteiger partial charge in [0.1, 0.15) is 5.82 Å². The van der Waals surface area contributed by atoms with Crippen molar-refractivity contribution in [3.63, 3.8) is 0 Å². The van der Waals surface area contributed by atoms with Gasteiger partial charge in [0.15, 0.2) is 0 Å². The Bertz CT molecular complexity index is 366. The van der Waals surface area contributed by atoms with Crippen molar-refractivity contribution in [2.24, 2.45) is 0 Å². The molecular weight excluding hydrogens is 196 g/mol. The summed E-state index contributed by atoms with van der Waals surface area (Å²) < 4.78 is 7.25. The molecule has 0 bridgehead atoms. The van der Waals surface area contributed by atoms with Crippen LogP contribution in [0, 0.1) is 6.92 Å². The first kappa shape index (κ1) is 10.2. The SMILES string of the molecule is Cc1nccn1C1(CC(=O)O)CCOC1. The van der Waals surface area contributed by atoms with E-state index in [0.29, 0.717) is 13.2 Å². The largest absolute Gasteiger partial charge is 0.481 e. The molecule has 5 heteroatoms. The Morgan fingerprint density at radius 1 is 1.80 bits per heavy atom. The molecule has 0 aromatic carbocycles. The second-order valence-electron chi connectivity index (χ2n) is 3.94. The number of ether oxygens (including phenoxy) is 1. The van der Waals surface area contributed by atoms with Gasteiger partial charge in [0.25, 0.3) is 0 Å². The zero-order valence-electron chi connectivity index (χ0n) is 8.64. The van der Waals surface area contributed by atoms with Gasteiger partial charge in [0.05, 0.1) is 18.6 Å². The molecule has 15 heavy (non-hydrogen) atoms. The van der Waals surface area contributed by atoms with E-state index >= 15 is 0 Å². The molecule has 1 aliphatic heterocycles. The van der Waals surface area contributed by atoms with Crippen LogP contribution in [0.5, 0.6) is 0 Å². The number of hydrogen-bond donors (Lipinski definition) is 1. The van der Waals surface area contributed by atoms with Crippen molar-refractivity contribution in [1.29, 1.82) is 0 Å². The van der Waals surface area contributed by atoms with E-state index in [0.717, 1.165) is 12.2 Å². The van der Waals surface area contributed by atoms with Crippen molar-refractivity contribution >= 4 is 5.97 Å². The fraction of sp³-hybridized carbons (Fsp3) is 0.600. The summed E-state index contributed by atoms with van der Waals surface area (Å²) in [4.78, 5) is 15.0. The number of hydrogen-bond acceptors (Lipinski definition) is 3. The highest BCUT2D eigenvalue weighted by Gasteiger charge is 2.39. The molecule has 5 nitrogen and oxygen atoms in total. The molecule has 0 radical (unpaired) electrons. The summed E-state index contributed by atoms with van der Waals surface area (Å²) in [5.74, 6) is 0.0374. The van der Waals surface area contributed by atoms with Gasteiger partial charge in [0, 0.05) is 19.0 Å². The fourth-order valence-corrected chi connectivity index (χ4v) is 2.17. The number of aryl methyl sites for hydroxylation is 1. The lowest BCUT2D eigenvalue weighted by atomic mass is 9.94. The highest BCUT2D eigenvalue weighted by Crippen LogP contribution is 2.31. The molecule has 1 saturated heterocycles. The number of carboxylic acid groups (broad SMARTS) is 1. The number of carbonyl (C=O) groups is 1.